The summed E-state index contributed by atoms with van der Waals surface area (Å²) in [7, 11) is 0. The summed E-state index contributed by atoms with van der Waals surface area (Å²) in [6, 6.07) is 11.2. The lowest BCUT2D eigenvalue weighted by atomic mass is 9.79. The van der Waals surface area contributed by atoms with E-state index in [1.807, 2.05) is 0 Å². The molecule has 0 atom stereocenters. The van der Waals surface area contributed by atoms with Gasteiger partial charge in [0, 0.05) is 11.4 Å². The van der Waals surface area contributed by atoms with Crippen molar-refractivity contribution in [2.24, 2.45) is 5.73 Å². The van der Waals surface area contributed by atoms with Gasteiger partial charge in [-0.2, -0.15) is 0 Å². The summed E-state index contributed by atoms with van der Waals surface area (Å²) in [5, 5.41) is 2.21. The molecule has 1 aromatic carbocycles. The van der Waals surface area contributed by atoms with E-state index in [1.54, 1.807) is 11.3 Å². The molecule has 1 aliphatic carbocycles. The second-order valence-electron chi connectivity index (χ2n) is 4.76. The molecule has 0 spiro atoms. The van der Waals surface area contributed by atoms with Gasteiger partial charge in [-0.05, 0) is 46.9 Å². The maximum atomic E-state index is 5.66. The summed E-state index contributed by atoms with van der Waals surface area (Å²) in [6.07, 6.45) is 4.12. The molecular formula is C15H17NS. The fraction of sp³-hybridized carbons (Fsp3) is 0.333. The van der Waals surface area contributed by atoms with Gasteiger partial charge in [-0.3, -0.25) is 0 Å². The highest BCUT2D eigenvalue weighted by atomic mass is 32.1. The Morgan fingerprint density at radius 3 is 2.71 bits per heavy atom. The van der Waals surface area contributed by atoms with Gasteiger partial charge in [-0.1, -0.05) is 30.7 Å². The molecular weight excluding hydrogens is 226 g/mol. The maximum Gasteiger partial charge on any atom is 0.0274 e. The van der Waals surface area contributed by atoms with Gasteiger partial charge >= 0.3 is 0 Å². The summed E-state index contributed by atoms with van der Waals surface area (Å²) >= 11 is 1.75. The number of rotatable bonds is 3. The minimum atomic E-state index is 0.646. The first kappa shape index (κ1) is 11.0. The van der Waals surface area contributed by atoms with E-state index < -0.39 is 0 Å². The first-order valence-corrected chi connectivity index (χ1v) is 7.12. The highest BCUT2D eigenvalue weighted by Crippen LogP contribution is 2.38. The third-order valence-electron chi connectivity index (χ3n) is 3.65. The van der Waals surface area contributed by atoms with Gasteiger partial charge in [0.2, 0.25) is 0 Å². The normalized spacial score (nSPS) is 15.8. The number of hydrogen-bond donors (Lipinski definition) is 1. The third kappa shape index (κ3) is 2.15. The van der Waals surface area contributed by atoms with Crippen molar-refractivity contribution in [3.63, 3.8) is 0 Å². The zero-order valence-corrected chi connectivity index (χ0v) is 10.7. The van der Waals surface area contributed by atoms with Crippen LogP contribution in [0.1, 0.15) is 35.6 Å². The van der Waals surface area contributed by atoms with E-state index in [0.29, 0.717) is 6.54 Å². The first-order valence-electron chi connectivity index (χ1n) is 6.24. The molecule has 1 aromatic heterocycles. The van der Waals surface area contributed by atoms with Crippen LogP contribution >= 0.6 is 11.3 Å². The van der Waals surface area contributed by atoms with Gasteiger partial charge in [0.1, 0.15) is 0 Å². The van der Waals surface area contributed by atoms with Crippen LogP contribution in [0.4, 0.5) is 0 Å². The zero-order chi connectivity index (χ0) is 11.7. The summed E-state index contributed by atoms with van der Waals surface area (Å²) in [5.74, 6) is 0.808. The molecule has 2 heteroatoms. The molecule has 0 radical (unpaired) electrons. The van der Waals surface area contributed by atoms with E-state index in [4.69, 9.17) is 5.73 Å². The highest BCUT2D eigenvalue weighted by Gasteiger charge is 2.19. The molecule has 17 heavy (non-hydrogen) atoms. The smallest absolute Gasteiger partial charge is 0.0274 e. The van der Waals surface area contributed by atoms with Crippen LogP contribution in [0, 0.1) is 0 Å². The maximum absolute atomic E-state index is 5.66. The van der Waals surface area contributed by atoms with Crippen molar-refractivity contribution < 1.29 is 0 Å². The third-order valence-corrected chi connectivity index (χ3v) is 4.61. The number of nitrogens with two attached hydrogens (primary N) is 1. The summed E-state index contributed by atoms with van der Waals surface area (Å²) in [4.78, 5) is 1.26. The lowest BCUT2D eigenvalue weighted by Gasteiger charge is -2.26. The second-order valence-corrected chi connectivity index (χ2v) is 5.75. The van der Waals surface area contributed by atoms with Crippen LogP contribution in [0.2, 0.25) is 0 Å². The average Bonchev–Trinajstić information content (AvgIpc) is 2.75. The summed E-state index contributed by atoms with van der Waals surface area (Å²) in [5.41, 5.74) is 9.82. The molecule has 0 unspecified atom stereocenters. The van der Waals surface area contributed by atoms with E-state index in [2.05, 4.69) is 35.7 Å². The standard InChI is InChI=1S/C15H17NS/c16-9-15-8-14(10-17-15)13-6-2-5-12(7-13)11-3-1-4-11/h2,5-8,10-11H,1,3-4,9,16H2. The van der Waals surface area contributed by atoms with Crippen LogP contribution in [0.25, 0.3) is 11.1 Å². The van der Waals surface area contributed by atoms with Crippen molar-refractivity contribution in [3.05, 3.63) is 46.2 Å². The van der Waals surface area contributed by atoms with Crippen LogP contribution in [0.5, 0.6) is 0 Å². The van der Waals surface area contributed by atoms with Gasteiger partial charge < -0.3 is 5.73 Å². The topological polar surface area (TPSA) is 26.0 Å². The molecule has 0 saturated heterocycles. The molecule has 1 heterocycles. The monoisotopic (exact) mass is 243 g/mol. The Bertz CT molecular complexity index is 511. The van der Waals surface area contributed by atoms with E-state index in [1.165, 1.54) is 40.8 Å². The predicted molar refractivity (Wildman–Crippen MR) is 74.2 cm³/mol. The fourth-order valence-electron chi connectivity index (χ4n) is 2.35. The molecule has 1 aliphatic rings. The van der Waals surface area contributed by atoms with E-state index in [-0.39, 0.29) is 0 Å². The Balaban J connectivity index is 1.91. The fourth-order valence-corrected chi connectivity index (χ4v) is 3.13. The molecule has 88 valence electrons. The van der Waals surface area contributed by atoms with E-state index >= 15 is 0 Å². The Hall–Kier alpha value is -1.12. The minimum absolute atomic E-state index is 0.646. The van der Waals surface area contributed by atoms with Crippen molar-refractivity contribution in [1.82, 2.24) is 0 Å². The van der Waals surface area contributed by atoms with Crippen molar-refractivity contribution >= 4 is 11.3 Å². The van der Waals surface area contributed by atoms with Crippen molar-refractivity contribution in [2.45, 2.75) is 31.7 Å². The van der Waals surface area contributed by atoms with Crippen molar-refractivity contribution in [1.29, 1.82) is 0 Å². The van der Waals surface area contributed by atoms with Crippen LogP contribution in [0.15, 0.2) is 35.7 Å². The molecule has 3 rings (SSSR count). The molecule has 0 aliphatic heterocycles. The van der Waals surface area contributed by atoms with Gasteiger partial charge in [0.15, 0.2) is 0 Å². The SMILES string of the molecule is NCc1cc(-c2cccc(C3CCC3)c2)cs1. The zero-order valence-electron chi connectivity index (χ0n) is 9.86. The quantitative estimate of drug-likeness (QED) is 0.861. The highest BCUT2D eigenvalue weighted by molar-refractivity contribution is 7.10. The largest absolute Gasteiger partial charge is 0.326 e. The lowest BCUT2D eigenvalue weighted by molar-refractivity contribution is 0.420. The minimum Gasteiger partial charge on any atom is -0.326 e. The van der Waals surface area contributed by atoms with Gasteiger partial charge in [0.05, 0.1) is 0 Å². The summed E-state index contributed by atoms with van der Waals surface area (Å²) in [6.45, 7) is 0.646. The van der Waals surface area contributed by atoms with Gasteiger partial charge in [-0.25, -0.2) is 0 Å². The molecule has 0 bridgehead atoms. The molecule has 1 fully saturated rings. The Morgan fingerprint density at radius 1 is 1.18 bits per heavy atom. The Morgan fingerprint density at radius 2 is 2.06 bits per heavy atom. The molecule has 2 N–H and O–H groups in total. The van der Waals surface area contributed by atoms with Gasteiger partial charge in [0.25, 0.3) is 0 Å². The van der Waals surface area contributed by atoms with Crippen LogP contribution in [-0.2, 0) is 6.54 Å². The first-order chi connectivity index (χ1) is 8.36. The summed E-state index contributed by atoms with van der Waals surface area (Å²) < 4.78 is 0. The van der Waals surface area contributed by atoms with Gasteiger partial charge in [-0.15, -0.1) is 11.3 Å². The molecule has 1 saturated carbocycles. The Labute approximate surface area is 106 Å². The molecule has 1 nitrogen and oxygen atoms in total. The van der Waals surface area contributed by atoms with E-state index in [0.717, 1.165) is 5.92 Å². The number of benzene rings is 1. The molecule has 0 amide bonds. The number of thiophene rings is 1. The van der Waals surface area contributed by atoms with Crippen LogP contribution in [0.3, 0.4) is 0 Å². The number of hydrogen-bond acceptors (Lipinski definition) is 2. The van der Waals surface area contributed by atoms with Crippen LogP contribution in [-0.4, -0.2) is 0 Å². The van der Waals surface area contributed by atoms with Crippen molar-refractivity contribution in [3.8, 4) is 11.1 Å². The average molecular weight is 243 g/mol. The van der Waals surface area contributed by atoms with Crippen molar-refractivity contribution in [2.75, 3.05) is 0 Å². The lowest BCUT2D eigenvalue weighted by Crippen LogP contribution is -2.08. The molecule has 2 aromatic rings. The second kappa shape index (κ2) is 4.63. The van der Waals surface area contributed by atoms with E-state index in [9.17, 15) is 0 Å². The Kier molecular flexibility index (Phi) is 3.00. The van der Waals surface area contributed by atoms with Crippen LogP contribution < -0.4 is 5.73 Å². The predicted octanol–water partition coefficient (Wildman–Crippen LogP) is 4.14.